The number of carbonyl (C=O) groups is 1. The van der Waals surface area contributed by atoms with Gasteiger partial charge in [0.1, 0.15) is 11.6 Å². The first-order chi connectivity index (χ1) is 11.1. The Bertz CT molecular complexity index is 678. The van der Waals surface area contributed by atoms with Crippen molar-refractivity contribution in [3.63, 3.8) is 0 Å². The highest BCUT2D eigenvalue weighted by molar-refractivity contribution is 5.92. The first kappa shape index (κ1) is 15.7. The molecule has 3 rings (SSSR count). The number of hydrogen-bond donors (Lipinski definition) is 1. The van der Waals surface area contributed by atoms with Crippen LogP contribution in [-0.4, -0.2) is 34.6 Å². The summed E-state index contributed by atoms with van der Waals surface area (Å²) in [6, 6.07) is 9.11. The largest absolute Gasteiger partial charge is 0.451 e. The van der Waals surface area contributed by atoms with E-state index in [1.807, 2.05) is 0 Å². The molecule has 0 radical (unpaired) electrons. The number of halogens is 1. The number of piperidine rings is 1. The predicted molar refractivity (Wildman–Crippen MR) is 84.5 cm³/mol. The highest BCUT2D eigenvalue weighted by atomic mass is 19.1. The molecular formula is C18H20FNO3. The van der Waals surface area contributed by atoms with Crippen molar-refractivity contribution in [2.75, 3.05) is 6.54 Å². The van der Waals surface area contributed by atoms with Crippen molar-refractivity contribution in [2.45, 2.75) is 38.3 Å². The fourth-order valence-electron chi connectivity index (χ4n) is 3.07. The van der Waals surface area contributed by atoms with Crippen LogP contribution in [-0.2, 0) is 0 Å². The van der Waals surface area contributed by atoms with Crippen LogP contribution in [0.2, 0.25) is 0 Å². The van der Waals surface area contributed by atoms with Gasteiger partial charge < -0.3 is 14.4 Å². The van der Waals surface area contributed by atoms with Crippen molar-refractivity contribution in [1.82, 2.24) is 4.90 Å². The van der Waals surface area contributed by atoms with E-state index in [1.165, 1.54) is 12.1 Å². The minimum Gasteiger partial charge on any atom is -0.451 e. The normalized spacial score (nSPS) is 19.6. The second-order valence-corrected chi connectivity index (χ2v) is 5.97. The number of furan rings is 1. The van der Waals surface area contributed by atoms with E-state index in [9.17, 15) is 14.3 Å². The lowest BCUT2D eigenvalue weighted by Gasteiger charge is -2.36. The van der Waals surface area contributed by atoms with Crippen molar-refractivity contribution in [3.8, 4) is 11.3 Å². The van der Waals surface area contributed by atoms with Gasteiger partial charge in [-0.15, -0.1) is 0 Å². The number of carbonyl (C=O) groups excluding carboxylic acids is 1. The monoisotopic (exact) mass is 317 g/mol. The number of aliphatic hydroxyl groups excluding tert-OH is 1. The average Bonchev–Trinajstić information content (AvgIpc) is 3.04. The van der Waals surface area contributed by atoms with Crippen LogP contribution in [0.1, 0.15) is 36.7 Å². The van der Waals surface area contributed by atoms with Crippen LogP contribution in [0.25, 0.3) is 11.3 Å². The molecule has 1 saturated heterocycles. The van der Waals surface area contributed by atoms with E-state index in [1.54, 1.807) is 36.1 Å². The predicted octanol–water partition coefficient (Wildman–Crippen LogP) is 3.46. The molecule has 1 amide bonds. The zero-order valence-electron chi connectivity index (χ0n) is 13.0. The smallest absolute Gasteiger partial charge is 0.289 e. The molecule has 23 heavy (non-hydrogen) atoms. The molecule has 1 aliphatic heterocycles. The number of aliphatic hydroxyl groups is 1. The Labute approximate surface area is 134 Å². The molecule has 2 unspecified atom stereocenters. The molecule has 5 heteroatoms. The van der Waals surface area contributed by atoms with Gasteiger partial charge in [0.15, 0.2) is 5.76 Å². The fourth-order valence-corrected chi connectivity index (χ4v) is 3.07. The molecule has 2 heterocycles. The maximum atomic E-state index is 13.0. The van der Waals surface area contributed by atoms with E-state index in [4.69, 9.17) is 4.42 Å². The van der Waals surface area contributed by atoms with E-state index < -0.39 is 6.10 Å². The van der Waals surface area contributed by atoms with E-state index in [0.29, 0.717) is 12.3 Å². The van der Waals surface area contributed by atoms with Crippen molar-refractivity contribution in [3.05, 3.63) is 48.0 Å². The fraction of sp³-hybridized carbons (Fsp3) is 0.389. The number of benzene rings is 1. The summed E-state index contributed by atoms with van der Waals surface area (Å²) in [5, 5.41) is 9.89. The van der Waals surface area contributed by atoms with Gasteiger partial charge in [0, 0.05) is 12.1 Å². The minimum atomic E-state index is -0.564. The van der Waals surface area contributed by atoms with Gasteiger partial charge in [-0.05, 0) is 62.6 Å². The summed E-state index contributed by atoms with van der Waals surface area (Å²) in [6.07, 6.45) is 2.18. The Balaban J connectivity index is 1.81. The Hall–Kier alpha value is -2.14. The van der Waals surface area contributed by atoms with E-state index in [0.717, 1.165) is 24.8 Å². The molecule has 4 nitrogen and oxygen atoms in total. The molecule has 122 valence electrons. The topological polar surface area (TPSA) is 53.7 Å². The van der Waals surface area contributed by atoms with Crippen LogP contribution in [0.15, 0.2) is 40.8 Å². The first-order valence-corrected chi connectivity index (χ1v) is 7.91. The SMILES string of the molecule is CC(O)C1CCCCN1C(=O)c1ccc(-c2ccc(F)cc2)o1. The molecule has 2 atom stereocenters. The van der Waals surface area contributed by atoms with Crippen LogP contribution in [0, 0.1) is 5.82 Å². The summed E-state index contributed by atoms with van der Waals surface area (Å²) in [5.41, 5.74) is 0.719. The molecule has 1 aliphatic rings. The molecule has 0 spiro atoms. The highest BCUT2D eigenvalue weighted by Gasteiger charge is 2.31. The van der Waals surface area contributed by atoms with Crippen LogP contribution in [0.3, 0.4) is 0 Å². The van der Waals surface area contributed by atoms with Crippen molar-refractivity contribution >= 4 is 5.91 Å². The third kappa shape index (κ3) is 3.29. The van der Waals surface area contributed by atoms with E-state index in [-0.39, 0.29) is 23.5 Å². The zero-order valence-corrected chi connectivity index (χ0v) is 13.0. The summed E-state index contributed by atoms with van der Waals surface area (Å²) in [7, 11) is 0. The molecule has 0 aliphatic carbocycles. The van der Waals surface area contributed by atoms with Crippen LogP contribution in [0.5, 0.6) is 0 Å². The van der Waals surface area contributed by atoms with Gasteiger partial charge in [0.25, 0.3) is 5.91 Å². The van der Waals surface area contributed by atoms with Gasteiger partial charge in [0.05, 0.1) is 12.1 Å². The Morgan fingerprint density at radius 1 is 1.26 bits per heavy atom. The molecule has 0 saturated carbocycles. The van der Waals surface area contributed by atoms with Crippen molar-refractivity contribution < 1.29 is 18.7 Å². The summed E-state index contributed by atoms with van der Waals surface area (Å²) >= 11 is 0. The Morgan fingerprint density at radius 3 is 2.70 bits per heavy atom. The quantitative estimate of drug-likeness (QED) is 0.943. The van der Waals surface area contributed by atoms with Gasteiger partial charge in [-0.1, -0.05) is 0 Å². The lowest BCUT2D eigenvalue weighted by atomic mass is 9.98. The molecule has 1 aromatic carbocycles. The number of amides is 1. The Morgan fingerprint density at radius 2 is 2.00 bits per heavy atom. The summed E-state index contributed by atoms with van der Waals surface area (Å²) in [6.45, 7) is 2.34. The standard InChI is InChI=1S/C18H20FNO3/c1-12(21)15-4-2-3-11-20(15)18(22)17-10-9-16(23-17)13-5-7-14(19)8-6-13/h5-10,12,15,21H,2-4,11H2,1H3. The molecule has 1 aromatic heterocycles. The molecule has 1 N–H and O–H groups in total. The van der Waals surface area contributed by atoms with Gasteiger partial charge in [-0.3, -0.25) is 4.79 Å². The highest BCUT2D eigenvalue weighted by Crippen LogP contribution is 2.26. The maximum absolute atomic E-state index is 13.0. The number of hydrogen-bond acceptors (Lipinski definition) is 3. The zero-order chi connectivity index (χ0) is 16.4. The third-order valence-corrected chi connectivity index (χ3v) is 4.31. The van der Waals surface area contributed by atoms with Gasteiger partial charge in [-0.2, -0.15) is 0 Å². The van der Waals surface area contributed by atoms with Crippen LogP contribution in [0.4, 0.5) is 4.39 Å². The lowest BCUT2D eigenvalue weighted by molar-refractivity contribution is 0.0258. The number of rotatable bonds is 3. The van der Waals surface area contributed by atoms with E-state index in [2.05, 4.69) is 0 Å². The van der Waals surface area contributed by atoms with Crippen LogP contribution >= 0.6 is 0 Å². The van der Waals surface area contributed by atoms with Gasteiger partial charge in [0.2, 0.25) is 0 Å². The van der Waals surface area contributed by atoms with E-state index >= 15 is 0 Å². The second kappa shape index (κ2) is 6.54. The molecular weight excluding hydrogens is 297 g/mol. The number of likely N-dealkylation sites (tertiary alicyclic amines) is 1. The molecule has 2 aromatic rings. The van der Waals surface area contributed by atoms with Crippen LogP contribution < -0.4 is 0 Å². The second-order valence-electron chi connectivity index (χ2n) is 5.97. The van der Waals surface area contributed by atoms with Gasteiger partial charge >= 0.3 is 0 Å². The lowest BCUT2D eigenvalue weighted by Crippen LogP contribution is -2.48. The summed E-state index contributed by atoms with van der Waals surface area (Å²) in [5.74, 6) is 0.254. The van der Waals surface area contributed by atoms with Gasteiger partial charge in [-0.25, -0.2) is 4.39 Å². The Kier molecular flexibility index (Phi) is 4.48. The number of nitrogens with zero attached hydrogens (tertiary/aromatic N) is 1. The molecule has 1 fully saturated rings. The minimum absolute atomic E-state index is 0.171. The third-order valence-electron chi connectivity index (χ3n) is 4.31. The van der Waals surface area contributed by atoms with Crippen molar-refractivity contribution in [2.24, 2.45) is 0 Å². The maximum Gasteiger partial charge on any atom is 0.289 e. The molecule has 0 bridgehead atoms. The van der Waals surface area contributed by atoms with Crippen molar-refractivity contribution in [1.29, 1.82) is 0 Å². The first-order valence-electron chi connectivity index (χ1n) is 7.91. The summed E-state index contributed by atoms with van der Waals surface area (Å²) < 4.78 is 18.6. The summed E-state index contributed by atoms with van der Waals surface area (Å²) in [4.78, 5) is 14.4. The average molecular weight is 317 g/mol.